The van der Waals surface area contributed by atoms with E-state index < -0.39 is 88.1 Å². The van der Waals surface area contributed by atoms with Crippen molar-refractivity contribution >= 4 is 35.6 Å². The van der Waals surface area contributed by atoms with Crippen molar-refractivity contribution in [3.63, 3.8) is 0 Å². The minimum atomic E-state index is -1.51. The van der Waals surface area contributed by atoms with Crippen LogP contribution in [0.25, 0.3) is 0 Å². The van der Waals surface area contributed by atoms with E-state index in [4.69, 9.17) is 23.7 Å². The quantitative estimate of drug-likeness (QED) is 0.173. The van der Waals surface area contributed by atoms with Crippen LogP contribution in [0.1, 0.15) is 66.2 Å². The average Bonchev–Trinajstić information content (AvgIpc) is 4.05. The second-order valence-electron chi connectivity index (χ2n) is 17.2. The lowest BCUT2D eigenvalue weighted by molar-refractivity contribution is -0.191. The number of hydrogen-bond acceptors (Lipinski definition) is 13. The molecule has 0 saturated heterocycles. The number of carbonyl (C=O) groups excluding carboxylic acids is 6. The number of carbonyl (C=O) groups is 6. The number of rotatable bonds is 1. The smallest absolute Gasteiger partial charge is 0.338 e. The number of esters is 5. The monoisotopic (exact) mass is 732 g/mol. The maximum atomic E-state index is 14.6. The Morgan fingerprint density at radius 1 is 0.925 bits per heavy atom. The Kier molecular flexibility index (Phi) is 7.19. The zero-order chi connectivity index (χ0) is 37.7. The number of fused-ring (bicyclic) bond motifs is 7. The van der Waals surface area contributed by atoms with Crippen molar-refractivity contribution in [2.45, 2.75) is 83.5 Å². The van der Waals surface area contributed by atoms with Gasteiger partial charge in [0.1, 0.15) is 37.1 Å². The largest absolute Gasteiger partial charge is 0.466 e. The van der Waals surface area contributed by atoms with Crippen LogP contribution < -0.4 is 0 Å². The summed E-state index contributed by atoms with van der Waals surface area (Å²) in [5.41, 5.74) is -1.89. The third kappa shape index (κ3) is 4.21. The maximum Gasteiger partial charge on any atom is 0.338 e. The Balaban J connectivity index is 1.27. The number of ether oxygens (including phenoxy) is 5. The lowest BCUT2D eigenvalue weighted by Gasteiger charge is -2.63. The van der Waals surface area contributed by atoms with E-state index in [1.54, 1.807) is 0 Å². The van der Waals surface area contributed by atoms with Crippen molar-refractivity contribution < 1.29 is 62.7 Å². The lowest BCUT2D eigenvalue weighted by atomic mass is 9.42. The molecule has 12 atom stereocenters. The molecule has 0 unspecified atom stereocenters. The minimum Gasteiger partial charge on any atom is -0.466 e. The summed E-state index contributed by atoms with van der Waals surface area (Å²) in [6.07, 6.45) is 1.42. The molecule has 0 aromatic rings. The van der Waals surface area contributed by atoms with E-state index in [0.717, 1.165) is 17.6 Å². The van der Waals surface area contributed by atoms with Gasteiger partial charge in [-0.25, -0.2) is 14.4 Å². The molecule has 0 aromatic carbocycles. The molecule has 2 N–H and O–H groups in total. The van der Waals surface area contributed by atoms with E-state index >= 15 is 0 Å². The van der Waals surface area contributed by atoms with Crippen LogP contribution in [0.3, 0.4) is 0 Å². The first kappa shape index (κ1) is 34.7. The predicted molar refractivity (Wildman–Crippen MR) is 179 cm³/mol. The highest BCUT2D eigenvalue weighted by Gasteiger charge is 2.84. The van der Waals surface area contributed by atoms with Gasteiger partial charge >= 0.3 is 29.8 Å². The number of ketones is 1. The lowest BCUT2D eigenvalue weighted by Crippen LogP contribution is -2.67. The standard InChI is InChI=1S/C40H44O13/c1-16-8-9-50-27(41)6-7-28(42)51-14-20-22-13-25-37(3,23-12-24(23)39(25,48)15-52-34(16)45)26-11-19-18-10-21(18)38(4)30(19)31(40(22,26)53-36(20)47)29(32(43)33(38)44)17(2)35(46)49-5/h8,18,21,23-26,31,33,44,48H,6-7,9-15H2,1-5H3/b16-8-,29-17+/t18-,21-,23-,24+,25-,26+,31-,33+,37+,38+,39+,40+/m1/s1. The van der Waals surface area contributed by atoms with Crippen molar-refractivity contribution in [1.29, 1.82) is 0 Å². The Morgan fingerprint density at radius 3 is 2.36 bits per heavy atom. The van der Waals surface area contributed by atoms with Gasteiger partial charge in [0.25, 0.3) is 0 Å². The summed E-state index contributed by atoms with van der Waals surface area (Å²) in [7, 11) is 1.22. The van der Waals surface area contributed by atoms with E-state index in [0.29, 0.717) is 18.4 Å². The molecule has 1 spiro atoms. The van der Waals surface area contributed by atoms with Crippen LogP contribution in [0.15, 0.2) is 45.1 Å². The molecule has 5 fully saturated rings. The van der Waals surface area contributed by atoms with Crippen molar-refractivity contribution in [3.05, 3.63) is 45.1 Å². The Morgan fingerprint density at radius 2 is 1.64 bits per heavy atom. The van der Waals surface area contributed by atoms with Gasteiger partial charge in [0, 0.05) is 34.0 Å². The number of aliphatic hydroxyl groups excluding tert-OH is 1. The van der Waals surface area contributed by atoms with Crippen molar-refractivity contribution in [1.82, 2.24) is 0 Å². The molecule has 0 amide bonds. The molecule has 0 radical (unpaired) electrons. The molecule has 9 rings (SSSR count). The summed E-state index contributed by atoms with van der Waals surface area (Å²) in [4.78, 5) is 80.8. The summed E-state index contributed by atoms with van der Waals surface area (Å²) in [6, 6.07) is 0. The van der Waals surface area contributed by atoms with E-state index in [-0.39, 0.29) is 78.4 Å². The molecule has 13 nitrogen and oxygen atoms in total. The molecule has 282 valence electrons. The molecular formula is C40H44O13. The van der Waals surface area contributed by atoms with Crippen LogP contribution in [-0.4, -0.2) is 90.1 Å². The Hall–Kier alpha value is -4.10. The highest BCUT2D eigenvalue weighted by atomic mass is 16.6. The number of aliphatic hydroxyl groups is 2. The Labute approximate surface area is 305 Å². The SMILES string of the molecule is COC(=O)/C(C)=C1/C(=O)[C@H](O)[C@]2(C)C3=C(C[C@@H]4[C@]5(OC(=O)C6=C5C[C@H]5[C@](O)(COC(=O)/C(C)=C\COC(=O)CCC(=O)OC6)[C@H]6C[C@H]6[C@]45C)[C@@H]31)[C@H]1C[C@H]12. The highest BCUT2D eigenvalue weighted by Crippen LogP contribution is 2.83. The summed E-state index contributed by atoms with van der Waals surface area (Å²) >= 11 is 0. The zero-order valence-electron chi connectivity index (χ0n) is 30.4. The predicted octanol–water partition coefficient (Wildman–Crippen LogP) is 2.38. The third-order valence-electron chi connectivity index (χ3n) is 15.2. The first-order valence-corrected chi connectivity index (χ1v) is 18.6. The van der Waals surface area contributed by atoms with E-state index in [9.17, 15) is 39.0 Å². The van der Waals surface area contributed by atoms with Gasteiger partial charge in [0.05, 0.1) is 31.4 Å². The van der Waals surface area contributed by atoms with Gasteiger partial charge in [-0.05, 0) is 85.8 Å². The molecule has 5 saturated carbocycles. The second kappa shape index (κ2) is 11.0. The number of methoxy groups -OCH3 is 1. The van der Waals surface area contributed by atoms with Crippen LogP contribution in [0, 0.1) is 52.3 Å². The number of Topliss-reactive ketones (excluding diaryl/α,β-unsaturated/α-hetero) is 1. The molecule has 0 aromatic heterocycles. The molecule has 9 aliphatic rings. The normalized spacial score (nSPS) is 47.3. The fraction of sp³-hybridized carbons (Fsp3) is 0.650. The number of allylic oxidation sites excluding steroid dienone is 1. The average molecular weight is 733 g/mol. The van der Waals surface area contributed by atoms with Gasteiger partial charge in [-0.3, -0.25) is 14.4 Å². The van der Waals surface area contributed by atoms with Crippen molar-refractivity contribution in [3.8, 4) is 0 Å². The number of hydrogen-bond donors (Lipinski definition) is 2. The minimum absolute atomic E-state index is 0.00160. The van der Waals surface area contributed by atoms with Gasteiger partial charge < -0.3 is 33.9 Å². The molecule has 7 aliphatic carbocycles. The molecular weight excluding hydrogens is 688 g/mol. The number of cyclic esters (lactones) is 3. The van der Waals surface area contributed by atoms with Crippen LogP contribution in [-0.2, 0) is 52.5 Å². The van der Waals surface area contributed by atoms with Crippen molar-refractivity contribution in [2.75, 3.05) is 26.9 Å². The zero-order valence-corrected chi connectivity index (χ0v) is 30.4. The van der Waals surface area contributed by atoms with Gasteiger partial charge in [-0.1, -0.05) is 19.4 Å². The maximum absolute atomic E-state index is 14.6. The van der Waals surface area contributed by atoms with Crippen molar-refractivity contribution in [2.24, 2.45) is 52.3 Å². The second-order valence-corrected chi connectivity index (χ2v) is 17.2. The van der Waals surface area contributed by atoms with Crippen LogP contribution in [0.4, 0.5) is 0 Å². The first-order chi connectivity index (χ1) is 25.1. The summed E-state index contributed by atoms with van der Waals surface area (Å²) in [5.74, 6) is -6.28. The topological polar surface area (TPSA) is 189 Å². The van der Waals surface area contributed by atoms with E-state index in [2.05, 4.69) is 6.92 Å². The van der Waals surface area contributed by atoms with Gasteiger partial charge in [-0.2, -0.15) is 0 Å². The summed E-state index contributed by atoms with van der Waals surface area (Å²) < 4.78 is 28.4. The Bertz CT molecular complexity index is 1970. The van der Waals surface area contributed by atoms with Gasteiger partial charge in [-0.15, -0.1) is 0 Å². The fourth-order valence-corrected chi connectivity index (χ4v) is 12.7. The molecule has 53 heavy (non-hydrogen) atoms. The van der Waals surface area contributed by atoms with E-state index in [1.165, 1.54) is 27.0 Å². The fourth-order valence-electron chi connectivity index (χ4n) is 12.7. The molecule has 2 aliphatic heterocycles. The van der Waals surface area contributed by atoms with Crippen LogP contribution >= 0.6 is 0 Å². The van der Waals surface area contributed by atoms with Gasteiger partial charge in [0.15, 0.2) is 5.78 Å². The molecule has 2 heterocycles. The van der Waals surface area contributed by atoms with Crippen LogP contribution in [0.5, 0.6) is 0 Å². The third-order valence-corrected chi connectivity index (χ3v) is 15.2. The molecule has 13 heteroatoms. The van der Waals surface area contributed by atoms with E-state index in [1.807, 2.05) is 6.92 Å². The summed E-state index contributed by atoms with van der Waals surface area (Å²) in [6.45, 7) is 6.06. The first-order valence-electron chi connectivity index (χ1n) is 18.6. The van der Waals surface area contributed by atoms with Crippen LogP contribution in [0.2, 0.25) is 0 Å². The van der Waals surface area contributed by atoms with Gasteiger partial charge in [0.2, 0.25) is 0 Å². The molecule has 2 bridgehead atoms. The summed E-state index contributed by atoms with van der Waals surface area (Å²) in [5, 5.41) is 24.6. The highest BCUT2D eigenvalue weighted by molar-refractivity contribution is 6.09.